The predicted octanol–water partition coefficient (Wildman–Crippen LogP) is 3.63. The maximum atomic E-state index is 15.0. The van der Waals surface area contributed by atoms with Crippen LogP contribution in [-0.2, 0) is 19.3 Å². The number of para-hydroxylation sites is 1. The molecule has 1 heterocycles. The van der Waals surface area contributed by atoms with E-state index in [-0.39, 0.29) is 28.9 Å². The van der Waals surface area contributed by atoms with Gasteiger partial charge in [-0.2, -0.15) is 4.73 Å². The summed E-state index contributed by atoms with van der Waals surface area (Å²) in [4.78, 5) is 12.9. The highest BCUT2D eigenvalue weighted by Gasteiger charge is 2.28. The first-order valence-electron chi connectivity index (χ1n) is 8.63. The zero-order chi connectivity index (χ0) is 19.4. The van der Waals surface area contributed by atoms with Crippen LogP contribution >= 0.6 is 0 Å². The second kappa shape index (κ2) is 8.01. The summed E-state index contributed by atoms with van der Waals surface area (Å²) in [7, 11) is 0. The molecule has 0 saturated heterocycles. The molecule has 0 saturated carbocycles. The monoisotopic (exact) mass is 354 g/mol. The Morgan fingerprint density at radius 2 is 1.81 bits per heavy atom. The van der Waals surface area contributed by atoms with Crippen LogP contribution in [0, 0.1) is 37.2 Å². The summed E-state index contributed by atoms with van der Waals surface area (Å²) in [5.41, 5.74) is 2.62. The summed E-state index contributed by atoms with van der Waals surface area (Å²) in [5, 5.41) is 15.2. The molecule has 1 aromatic carbocycles. The van der Waals surface area contributed by atoms with Crippen LogP contribution in [0.5, 0.6) is 0 Å². The van der Waals surface area contributed by atoms with E-state index < -0.39 is 11.7 Å². The Balaban J connectivity index is 2.58. The summed E-state index contributed by atoms with van der Waals surface area (Å²) >= 11 is 0. The van der Waals surface area contributed by atoms with Gasteiger partial charge in [0.15, 0.2) is 11.5 Å². The van der Waals surface area contributed by atoms with Crippen LogP contribution < -0.4 is 10.0 Å². The number of rotatable bonds is 5. The zero-order valence-corrected chi connectivity index (χ0v) is 15.6. The van der Waals surface area contributed by atoms with Gasteiger partial charge in [-0.3, -0.25) is 4.79 Å². The molecule has 0 aliphatic carbocycles. The third-order valence-electron chi connectivity index (χ3n) is 4.64. The van der Waals surface area contributed by atoms with E-state index in [0.717, 1.165) is 24.0 Å². The number of aryl methyl sites for hydroxylation is 2. The van der Waals surface area contributed by atoms with Gasteiger partial charge in [0.1, 0.15) is 5.56 Å². The minimum atomic E-state index is -0.727. The van der Waals surface area contributed by atoms with Crippen molar-refractivity contribution in [2.75, 3.05) is 5.32 Å². The Morgan fingerprint density at radius 3 is 2.31 bits per heavy atom. The number of anilines is 1. The van der Waals surface area contributed by atoms with Crippen LogP contribution in [0.3, 0.4) is 0 Å². The van der Waals surface area contributed by atoms with Gasteiger partial charge < -0.3 is 10.5 Å². The van der Waals surface area contributed by atoms with Crippen LogP contribution in [0.15, 0.2) is 18.2 Å². The van der Waals surface area contributed by atoms with E-state index in [4.69, 9.17) is 6.42 Å². The molecule has 2 aromatic rings. The number of amides is 1. The van der Waals surface area contributed by atoms with Crippen molar-refractivity contribution in [1.82, 2.24) is 0 Å². The van der Waals surface area contributed by atoms with E-state index in [1.165, 1.54) is 13.8 Å². The molecule has 4 nitrogen and oxygen atoms in total. The van der Waals surface area contributed by atoms with Gasteiger partial charge in [-0.25, -0.2) is 4.39 Å². The fourth-order valence-corrected chi connectivity index (χ4v) is 3.09. The van der Waals surface area contributed by atoms with E-state index in [1.807, 2.05) is 32.0 Å². The molecule has 0 bridgehead atoms. The highest BCUT2D eigenvalue weighted by atomic mass is 19.1. The van der Waals surface area contributed by atoms with Crippen LogP contribution in [0.2, 0.25) is 0 Å². The Labute approximate surface area is 153 Å². The number of nitrogens with one attached hydrogen (secondary N) is 1. The lowest BCUT2D eigenvalue weighted by Crippen LogP contribution is -2.39. The molecule has 1 amide bonds. The SMILES string of the molecule is C#CCc1c(F)c(C(=O)Nc2c(CC)cccc2CC)c(C)[n+]([O-])c1C. The van der Waals surface area contributed by atoms with Gasteiger partial charge >= 0.3 is 0 Å². The van der Waals surface area contributed by atoms with Crippen molar-refractivity contribution in [2.24, 2.45) is 0 Å². The largest absolute Gasteiger partial charge is 0.618 e. The average molecular weight is 354 g/mol. The zero-order valence-electron chi connectivity index (χ0n) is 15.6. The standard InChI is InChI=1S/C21H23FN2O2/c1-6-10-17-13(4)24(26)14(5)18(19(17)22)21(25)23-20-15(7-2)11-9-12-16(20)8-3/h1,9,11-12H,7-8,10H2,2-5H3,(H,23,25). The number of aromatic nitrogens is 1. The number of carbonyl (C=O) groups excluding carboxylic acids is 1. The number of terminal acetylenes is 1. The number of benzene rings is 1. The molecule has 26 heavy (non-hydrogen) atoms. The molecule has 1 N–H and O–H groups in total. The quantitative estimate of drug-likeness (QED) is 0.506. The molecular formula is C21H23FN2O2. The van der Waals surface area contributed by atoms with Crippen molar-refractivity contribution in [2.45, 2.75) is 47.0 Å². The van der Waals surface area contributed by atoms with Crippen molar-refractivity contribution in [3.63, 3.8) is 0 Å². The highest BCUT2D eigenvalue weighted by Crippen LogP contribution is 2.25. The normalized spacial score (nSPS) is 10.5. The summed E-state index contributed by atoms with van der Waals surface area (Å²) in [6.45, 7) is 6.90. The van der Waals surface area contributed by atoms with Gasteiger partial charge in [0, 0.05) is 26.0 Å². The minimum absolute atomic E-state index is 0.0188. The number of pyridine rings is 1. The first-order valence-corrected chi connectivity index (χ1v) is 8.63. The molecule has 0 aliphatic rings. The lowest BCUT2D eigenvalue weighted by molar-refractivity contribution is -0.620. The summed E-state index contributed by atoms with van der Waals surface area (Å²) in [5.74, 6) is 0.973. The first kappa shape index (κ1) is 19.5. The average Bonchev–Trinajstić information content (AvgIpc) is 2.63. The van der Waals surface area contributed by atoms with Crippen LogP contribution in [0.4, 0.5) is 10.1 Å². The van der Waals surface area contributed by atoms with E-state index >= 15 is 0 Å². The van der Waals surface area contributed by atoms with E-state index in [0.29, 0.717) is 10.4 Å². The van der Waals surface area contributed by atoms with Crippen molar-refractivity contribution in [1.29, 1.82) is 0 Å². The predicted molar refractivity (Wildman–Crippen MR) is 101 cm³/mol. The van der Waals surface area contributed by atoms with Crippen molar-refractivity contribution >= 4 is 11.6 Å². The molecule has 0 radical (unpaired) electrons. The van der Waals surface area contributed by atoms with Gasteiger partial charge in [0.2, 0.25) is 5.69 Å². The topological polar surface area (TPSA) is 56.0 Å². The smallest absolute Gasteiger partial charge is 0.265 e. The van der Waals surface area contributed by atoms with Crippen LogP contribution in [-0.4, -0.2) is 5.91 Å². The van der Waals surface area contributed by atoms with Gasteiger partial charge in [-0.15, -0.1) is 12.3 Å². The fraction of sp³-hybridized carbons (Fsp3) is 0.333. The second-order valence-corrected chi connectivity index (χ2v) is 6.13. The number of carbonyl (C=O) groups is 1. The summed E-state index contributed by atoms with van der Waals surface area (Å²) in [6.07, 6.45) is 6.68. The molecule has 0 fully saturated rings. The van der Waals surface area contributed by atoms with Crippen molar-refractivity contribution in [3.05, 3.63) is 62.9 Å². The summed E-state index contributed by atoms with van der Waals surface area (Å²) in [6, 6.07) is 5.77. The minimum Gasteiger partial charge on any atom is -0.618 e. The number of hydrogen-bond acceptors (Lipinski definition) is 2. The number of halogens is 1. The first-order chi connectivity index (χ1) is 12.4. The molecule has 136 valence electrons. The van der Waals surface area contributed by atoms with Crippen molar-refractivity contribution in [3.8, 4) is 12.3 Å². The third kappa shape index (κ3) is 3.41. The molecule has 1 aromatic heterocycles. The fourth-order valence-electron chi connectivity index (χ4n) is 3.09. The Bertz CT molecular complexity index is 876. The molecule has 0 spiro atoms. The third-order valence-corrected chi connectivity index (χ3v) is 4.64. The lowest BCUT2D eigenvalue weighted by Gasteiger charge is -2.17. The highest BCUT2D eigenvalue weighted by molar-refractivity contribution is 6.06. The lowest BCUT2D eigenvalue weighted by atomic mass is 10.0. The van der Waals surface area contributed by atoms with E-state index in [9.17, 15) is 14.4 Å². The Hall–Kier alpha value is -2.87. The summed E-state index contributed by atoms with van der Waals surface area (Å²) < 4.78 is 15.5. The number of nitrogens with zero attached hydrogens (tertiary/aromatic N) is 1. The van der Waals surface area contributed by atoms with Crippen LogP contribution in [0.1, 0.15) is 52.3 Å². The molecule has 0 unspecified atom stereocenters. The van der Waals surface area contributed by atoms with E-state index in [2.05, 4.69) is 11.2 Å². The molecule has 0 aliphatic heterocycles. The van der Waals surface area contributed by atoms with Gasteiger partial charge in [-0.05, 0) is 24.0 Å². The maximum Gasteiger partial charge on any atom is 0.265 e. The van der Waals surface area contributed by atoms with Crippen LogP contribution in [0.25, 0.3) is 0 Å². The number of hydrogen-bond donors (Lipinski definition) is 1. The molecule has 2 rings (SSSR count). The molecule has 5 heteroatoms. The van der Waals surface area contributed by atoms with Gasteiger partial charge in [0.25, 0.3) is 5.91 Å². The molecular weight excluding hydrogens is 331 g/mol. The Morgan fingerprint density at radius 1 is 1.23 bits per heavy atom. The van der Waals surface area contributed by atoms with Crippen molar-refractivity contribution < 1.29 is 13.9 Å². The van der Waals surface area contributed by atoms with Gasteiger partial charge in [0.05, 0.1) is 5.56 Å². The van der Waals surface area contributed by atoms with Gasteiger partial charge in [-0.1, -0.05) is 32.0 Å². The van der Waals surface area contributed by atoms with E-state index in [1.54, 1.807) is 0 Å². The second-order valence-electron chi connectivity index (χ2n) is 6.13. The maximum absolute atomic E-state index is 15.0. The Kier molecular flexibility index (Phi) is 5.99. The molecule has 0 atom stereocenters.